The highest BCUT2D eigenvalue weighted by atomic mass is 35.5. The Balaban J connectivity index is 1.42. The van der Waals surface area contributed by atoms with Crippen LogP contribution in [0.1, 0.15) is 6.42 Å². The number of pyridine rings is 1. The van der Waals surface area contributed by atoms with E-state index in [1.807, 2.05) is 20.2 Å². The third-order valence-corrected chi connectivity index (χ3v) is 6.42. The quantitative estimate of drug-likeness (QED) is 0.165. The van der Waals surface area contributed by atoms with E-state index in [4.69, 9.17) is 28.5 Å². The molecule has 1 amide bonds. The van der Waals surface area contributed by atoms with Crippen LogP contribution in [0, 0.1) is 21.4 Å². The van der Waals surface area contributed by atoms with Crippen molar-refractivity contribution in [2.75, 3.05) is 37.8 Å². The molecule has 1 aromatic carbocycles. The van der Waals surface area contributed by atoms with Crippen molar-refractivity contribution >= 4 is 63.0 Å². The number of amides is 1. The molecule has 3 aromatic rings. The zero-order valence-electron chi connectivity index (χ0n) is 20.9. The van der Waals surface area contributed by atoms with Crippen LogP contribution >= 0.6 is 23.2 Å². The lowest BCUT2D eigenvalue weighted by Crippen LogP contribution is -2.41. The van der Waals surface area contributed by atoms with Gasteiger partial charge in [-0.1, -0.05) is 23.2 Å². The molecule has 0 aliphatic carbocycles. The largest absolute Gasteiger partial charge is 0.369 e. The summed E-state index contributed by atoms with van der Waals surface area (Å²) in [5.74, 6) is 0.105. The van der Waals surface area contributed by atoms with Gasteiger partial charge in [0, 0.05) is 17.1 Å². The molecule has 12 nitrogen and oxygen atoms in total. The summed E-state index contributed by atoms with van der Waals surface area (Å²) >= 11 is 12.1. The highest BCUT2D eigenvalue weighted by Crippen LogP contribution is 2.29. The molecule has 14 heteroatoms. The third kappa shape index (κ3) is 6.91. The molecule has 2 N–H and O–H groups in total. The van der Waals surface area contributed by atoms with Gasteiger partial charge in [-0.05, 0) is 40.3 Å². The lowest BCUT2D eigenvalue weighted by Gasteiger charge is -2.28. The summed E-state index contributed by atoms with van der Waals surface area (Å²) < 4.78 is 0.319. The lowest BCUT2D eigenvalue weighted by atomic mass is 10.1. The predicted octanol–water partition coefficient (Wildman–Crippen LogP) is 4.50. The first-order chi connectivity index (χ1) is 18.5. The maximum Gasteiger partial charge on any atom is 0.369 e. The van der Waals surface area contributed by atoms with Crippen molar-refractivity contribution in [3.05, 3.63) is 80.5 Å². The Bertz CT molecular complexity index is 1610. The molecule has 0 atom stereocenters. The normalized spacial score (nSPS) is 13.5. The molecule has 0 fully saturated rings. The summed E-state index contributed by atoms with van der Waals surface area (Å²) in [5, 5.41) is 27.7. The van der Waals surface area contributed by atoms with Gasteiger partial charge in [-0.2, -0.15) is 5.26 Å². The third-order valence-electron chi connectivity index (χ3n) is 5.68. The molecule has 1 aliphatic rings. The van der Waals surface area contributed by atoms with E-state index in [2.05, 4.69) is 30.6 Å². The Morgan fingerprint density at radius 3 is 2.74 bits per heavy atom. The minimum atomic E-state index is -0.573. The Morgan fingerprint density at radius 2 is 2.03 bits per heavy atom. The van der Waals surface area contributed by atoms with Gasteiger partial charge in [-0.15, -0.1) is 0 Å². The van der Waals surface area contributed by atoms with Gasteiger partial charge in [0.2, 0.25) is 11.6 Å². The van der Waals surface area contributed by atoms with Crippen LogP contribution in [-0.4, -0.2) is 63.2 Å². The number of halogens is 2. The molecular formula is C25H22Cl2N9O3+. The van der Waals surface area contributed by atoms with Crippen molar-refractivity contribution in [2.45, 2.75) is 6.42 Å². The van der Waals surface area contributed by atoms with Crippen LogP contribution in [0.3, 0.4) is 0 Å². The van der Waals surface area contributed by atoms with Gasteiger partial charge >= 0.3 is 5.82 Å². The highest BCUT2D eigenvalue weighted by Gasteiger charge is 2.33. The first-order valence-electron chi connectivity index (χ1n) is 11.5. The molecular weight excluding hydrogens is 545 g/mol. The number of aromatic nitrogens is 3. The number of anilines is 3. The molecule has 0 unspecified atom stereocenters. The van der Waals surface area contributed by atoms with Gasteiger partial charge < -0.3 is 25.2 Å². The molecule has 0 radical (unpaired) electrons. The van der Waals surface area contributed by atoms with E-state index in [1.165, 1.54) is 18.6 Å². The highest BCUT2D eigenvalue weighted by molar-refractivity contribution is 6.42. The molecule has 0 bridgehead atoms. The van der Waals surface area contributed by atoms with Crippen LogP contribution < -0.4 is 10.6 Å². The topological polar surface area (TPSA) is 159 Å². The van der Waals surface area contributed by atoms with Crippen molar-refractivity contribution in [3.8, 4) is 6.07 Å². The first kappa shape index (κ1) is 27.6. The average Bonchev–Trinajstić information content (AvgIpc) is 3.29. The Labute approximate surface area is 233 Å². The minimum Gasteiger partial charge on any atom is -0.358 e. The van der Waals surface area contributed by atoms with Crippen LogP contribution in [0.15, 0.2) is 65.3 Å². The molecule has 2 aromatic heterocycles. The monoisotopic (exact) mass is 566 g/mol. The number of nitriles is 1. The predicted molar refractivity (Wildman–Crippen MR) is 148 cm³/mol. The van der Waals surface area contributed by atoms with Gasteiger partial charge in [0.25, 0.3) is 0 Å². The van der Waals surface area contributed by atoms with Crippen molar-refractivity contribution in [3.63, 3.8) is 0 Å². The van der Waals surface area contributed by atoms with Crippen molar-refractivity contribution < 1.29 is 14.2 Å². The van der Waals surface area contributed by atoms with Crippen molar-refractivity contribution in [2.24, 2.45) is 4.99 Å². The van der Waals surface area contributed by atoms with Crippen LogP contribution in [0.4, 0.5) is 17.3 Å². The Hall–Kier alpha value is -4.44. The van der Waals surface area contributed by atoms with E-state index in [0.717, 1.165) is 0 Å². The van der Waals surface area contributed by atoms with E-state index >= 15 is 0 Å². The number of carbonyl (C=O) groups excluding carboxylic acids is 1. The fourth-order valence-corrected chi connectivity index (χ4v) is 4.22. The summed E-state index contributed by atoms with van der Waals surface area (Å²) in [4.78, 5) is 39.8. The first-order valence-corrected chi connectivity index (χ1v) is 12.3. The van der Waals surface area contributed by atoms with Gasteiger partial charge in [-0.3, -0.25) is 4.79 Å². The van der Waals surface area contributed by atoms with Crippen LogP contribution in [0.25, 0.3) is 10.9 Å². The molecule has 3 heterocycles. The summed E-state index contributed by atoms with van der Waals surface area (Å²) in [5.41, 5.74) is 1.84. The lowest BCUT2D eigenvalue weighted by molar-refractivity contribution is -0.880. The molecule has 4 rings (SSSR count). The van der Waals surface area contributed by atoms with Gasteiger partial charge in [-0.25, -0.2) is 15.0 Å². The molecule has 1 aliphatic heterocycles. The number of carbonyl (C=O) groups is 1. The van der Waals surface area contributed by atoms with E-state index in [0.29, 0.717) is 61.4 Å². The Morgan fingerprint density at radius 1 is 1.23 bits per heavy atom. The molecule has 0 saturated heterocycles. The molecule has 0 spiro atoms. The Kier molecular flexibility index (Phi) is 8.15. The fraction of sp³-hybridized carbons (Fsp3) is 0.200. The molecule has 39 heavy (non-hydrogen) atoms. The van der Waals surface area contributed by atoms with Gasteiger partial charge in [0.05, 0.1) is 54.4 Å². The zero-order chi connectivity index (χ0) is 28.2. The number of hydrogen-bond donors (Lipinski definition) is 2. The summed E-state index contributed by atoms with van der Waals surface area (Å²) in [7, 11) is 3.73. The minimum absolute atomic E-state index is 0.121. The smallest absolute Gasteiger partial charge is 0.358 e. The van der Waals surface area contributed by atoms with E-state index < -0.39 is 10.8 Å². The number of nitrogens with one attached hydrogen (secondary N) is 2. The second kappa shape index (κ2) is 11.5. The summed E-state index contributed by atoms with van der Waals surface area (Å²) in [6.07, 6.45) is 6.11. The maximum absolute atomic E-state index is 12.6. The number of nitro groups is 1. The van der Waals surface area contributed by atoms with Crippen LogP contribution in [0.2, 0.25) is 10.0 Å². The number of benzene rings is 1. The van der Waals surface area contributed by atoms with Crippen LogP contribution in [0.5, 0.6) is 0 Å². The number of nitrogens with zero attached hydrogens (tertiary/aromatic N) is 7. The number of hydrogen-bond acceptors (Lipinski definition) is 9. The number of fused-ring (bicyclic) bond motifs is 1. The maximum atomic E-state index is 12.6. The average molecular weight is 567 g/mol. The SMILES string of the molecule is C[N+](C)(C/C=C/C(=O)Nc1cc2c(Nc3ccc(Cl)c(Cl)c3)ncnc2cn1)CC1=C([N+](=O)[O-])N=C(C#N)C1. The molecule has 0 saturated carbocycles. The summed E-state index contributed by atoms with van der Waals surface area (Å²) in [6.45, 7) is 0.707. The number of likely N-dealkylation sites (N-methyl/N-ethyl adjacent to an activating group) is 1. The van der Waals surface area contributed by atoms with E-state index in [9.17, 15) is 14.9 Å². The summed E-state index contributed by atoms with van der Waals surface area (Å²) in [6, 6.07) is 8.62. The fourth-order valence-electron chi connectivity index (χ4n) is 3.92. The van der Waals surface area contributed by atoms with Gasteiger partial charge in [0.1, 0.15) is 30.6 Å². The second-order valence-electron chi connectivity index (χ2n) is 9.26. The van der Waals surface area contributed by atoms with Crippen molar-refractivity contribution in [1.29, 1.82) is 5.26 Å². The number of rotatable bonds is 9. The van der Waals surface area contributed by atoms with Crippen molar-refractivity contribution in [1.82, 2.24) is 15.0 Å². The van der Waals surface area contributed by atoms with Crippen LogP contribution in [-0.2, 0) is 4.79 Å². The zero-order valence-corrected chi connectivity index (χ0v) is 22.4. The second-order valence-corrected chi connectivity index (χ2v) is 10.1. The van der Waals surface area contributed by atoms with E-state index in [-0.39, 0.29) is 18.0 Å². The number of aliphatic imine (C=N–C) groups is 1. The molecule has 198 valence electrons. The van der Waals surface area contributed by atoms with E-state index in [1.54, 1.807) is 30.3 Å². The standard InChI is InChI=1S/C25H21Cl2N9O3/c1-36(2,13-15-8-17(11-28)33-25(15)35(38)39)7-3-4-23(37)34-22-10-18-21(12-29-22)30-14-31-24(18)32-16-5-6-19(26)20(27)9-16/h3-6,9-10,12,14H,7-8,13H2,1-2H3,(H-,29,30,31,32,34,37)/p+1/b4-3+. The van der Waals surface area contributed by atoms with Gasteiger partial charge in [0.15, 0.2) is 0 Å². The number of quaternary nitrogens is 1.